The molecule has 46 heavy (non-hydrogen) atoms. The molecule has 0 N–H and O–H groups in total. The first-order valence-electron chi connectivity index (χ1n) is 15.9. The Morgan fingerprint density at radius 1 is 0.217 bits per heavy atom. The second-order valence-corrected chi connectivity index (χ2v) is 12.1. The van der Waals surface area contributed by atoms with Crippen LogP contribution in [0.3, 0.4) is 0 Å². The van der Waals surface area contributed by atoms with E-state index >= 15 is 0 Å². The fourth-order valence-corrected chi connectivity index (χ4v) is 7.26. The first-order chi connectivity index (χ1) is 22.8. The molecule has 0 atom stereocenters. The quantitative estimate of drug-likeness (QED) is 0.181. The third kappa shape index (κ3) is 4.38. The first kappa shape index (κ1) is 26.4. The molecule has 0 aliphatic rings. The summed E-state index contributed by atoms with van der Waals surface area (Å²) in [7, 11) is 0. The van der Waals surface area contributed by atoms with Crippen molar-refractivity contribution in [3.05, 3.63) is 182 Å². The zero-order chi connectivity index (χ0) is 30.5. The largest absolute Gasteiger partial charge is 0.0622 e. The zero-order valence-corrected chi connectivity index (χ0v) is 25.3. The van der Waals surface area contributed by atoms with Crippen LogP contribution in [-0.2, 0) is 0 Å². The smallest absolute Gasteiger partial charge is 0.00262 e. The lowest BCUT2D eigenvalue weighted by Gasteiger charge is -2.19. The van der Waals surface area contributed by atoms with Crippen LogP contribution in [0.1, 0.15) is 0 Å². The summed E-state index contributed by atoms with van der Waals surface area (Å²) in [6, 6.07) is 66.6. The van der Waals surface area contributed by atoms with Gasteiger partial charge in [-0.3, -0.25) is 0 Å². The van der Waals surface area contributed by atoms with Gasteiger partial charge in [-0.25, -0.2) is 0 Å². The average Bonchev–Trinajstić information content (AvgIpc) is 3.13. The normalized spacial score (nSPS) is 11.5. The van der Waals surface area contributed by atoms with E-state index in [1.165, 1.54) is 87.6 Å². The van der Waals surface area contributed by atoms with Gasteiger partial charge in [0.25, 0.3) is 0 Å². The summed E-state index contributed by atoms with van der Waals surface area (Å²) in [5, 5.41) is 10.1. The van der Waals surface area contributed by atoms with E-state index in [0.717, 1.165) is 0 Å². The van der Waals surface area contributed by atoms with Gasteiger partial charge in [0.2, 0.25) is 0 Å². The Bertz CT molecular complexity index is 2560. The van der Waals surface area contributed by atoms with Gasteiger partial charge >= 0.3 is 0 Å². The van der Waals surface area contributed by atoms with E-state index in [1.54, 1.807) is 0 Å². The molecule has 214 valence electrons. The first-order valence-corrected chi connectivity index (χ1v) is 15.9. The molecule has 9 aromatic carbocycles. The van der Waals surface area contributed by atoms with E-state index in [0.29, 0.717) is 0 Å². The molecule has 0 unspecified atom stereocenters. The van der Waals surface area contributed by atoms with Crippen molar-refractivity contribution in [2.45, 2.75) is 0 Å². The van der Waals surface area contributed by atoms with Crippen molar-refractivity contribution in [2.75, 3.05) is 0 Å². The van der Waals surface area contributed by atoms with E-state index in [-0.39, 0.29) is 0 Å². The summed E-state index contributed by atoms with van der Waals surface area (Å²) >= 11 is 0. The van der Waals surface area contributed by atoms with Crippen LogP contribution in [-0.4, -0.2) is 0 Å². The minimum atomic E-state index is 1.21. The highest BCUT2D eigenvalue weighted by atomic mass is 14.2. The Morgan fingerprint density at radius 3 is 1.41 bits per heavy atom. The van der Waals surface area contributed by atoms with Crippen molar-refractivity contribution in [2.24, 2.45) is 0 Å². The van der Waals surface area contributed by atoms with Crippen molar-refractivity contribution in [1.29, 1.82) is 0 Å². The lowest BCUT2D eigenvalue weighted by Crippen LogP contribution is -1.92. The average molecular weight is 583 g/mol. The van der Waals surface area contributed by atoms with E-state index < -0.39 is 0 Å². The van der Waals surface area contributed by atoms with E-state index in [9.17, 15) is 0 Å². The highest BCUT2D eigenvalue weighted by molar-refractivity contribution is 6.22. The van der Waals surface area contributed by atoms with Gasteiger partial charge in [0.05, 0.1) is 0 Å². The molecule has 0 heteroatoms. The van der Waals surface area contributed by atoms with Crippen molar-refractivity contribution < 1.29 is 0 Å². The van der Waals surface area contributed by atoms with Gasteiger partial charge in [0.1, 0.15) is 0 Å². The lowest BCUT2D eigenvalue weighted by atomic mass is 9.84. The minimum Gasteiger partial charge on any atom is -0.0622 e. The van der Waals surface area contributed by atoms with Crippen LogP contribution in [0.15, 0.2) is 182 Å². The molecule has 9 rings (SSSR count). The van der Waals surface area contributed by atoms with Gasteiger partial charge in [0, 0.05) is 0 Å². The number of rotatable bonds is 4. The molecule has 0 aliphatic carbocycles. The van der Waals surface area contributed by atoms with E-state index in [1.807, 2.05) is 0 Å². The molecule has 0 aromatic heterocycles. The van der Waals surface area contributed by atoms with Crippen LogP contribution in [0.5, 0.6) is 0 Å². The molecule has 0 aliphatic heterocycles. The molecule has 9 aromatic rings. The van der Waals surface area contributed by atoms with Gasteiger partial charge in [-0.05, 0) is 112 Å². The van der Waals surface area contributed by atoms with Gasteiger partial charge in [0.15, 0.2) is 0 Å². The SMILES string of the molecule is c1ccc(-c2c3ccccc3c(-c3ccccc3)c3cc(-c4cc(-c5ccc6ccccc6c5)c5ccccc5c4)ccc23)cc1. The molecular formula is C46H30. The lowest BCUT2D eigenvalue weighted by molar-refractivity contribution is 1.63. The predicted molar refractivity (Wildman–Crippen MR) is 198 cm³/mol. The molecule has 0 saturated carbocycles. The maximum absolute atomic E-state index is 2.42. The molecule has 0 amide bonds. The van der Waals surface area contributed by atoms with Crippen molar-refractivity contribution in [1.82, 2.24) is 0 Å². The van der Waals surface area contributed by atoms with Gasteiger partial charge in [-0.15, -0.1) is 0 Å². The van der Waals surface area contributed by atoms with E-state index in [4.69, 9.17) is 0 Å². The molecule has 0 nitrogen and oxygen atoms in total. The fourth-order valence-electron chi connectivity index (χ4n) is 7.26. The molecule has 0 saturated heterocycles. The molecule has 0 fully saturated rings. The second kappa shape index (κ2) is 10.9. The van der Waals surface area contributed by atoms with E-state index in [2.05, 4.69) is 182 Å². The summed E-state index contributed by atoms with van der Waals surface area (Å²) < 4.78 is 0. The summed E-state index contributed by atoms with van der Waals surface area (Å²) in [4.78, 5) is 0. The minimum absolute atomic E-state index is 1.21. The van der Waals surface area contributed by atoms with Crippen LogP contribution in [0, 0.1) is 0 Å². The van der Waals surface area contributed by atoms with Crippen LogP contribution in [0.4, 0.5) is 0 Å². The Balaban J connectivity index is 1.34. The maximum Gasteiger partial charge on any atom is -0.00262 e. The third-order valence-corrected chi connectivity index (χ3v) is 9.40. The number of hydrogen-bond donors (Lipinski definition) is 0. The molecule has 0 spiro atoms. The standard InChI is InChI=1S/C46H30/c1-3-14-32(15-4-1)45-40-21-11-12-22-41(40)46(33-16-5-2-6-17-33)44-29-35(25-26-42(44)45)38-28-36-19-9-10-20-39(36)43(30-38)37-24-23-31-13-7-8-18-34(31)27-37/h1-30H. The summed E-state index contributed by atoms with van der Waals surface area (Å²) in [5.74, 6) is 0. The predicted octanol–water partition coefficient (Wildman–Crippen LogP) is 13.0. The van der Waals surface area contributed by atoms with Crippen molar-refractivity contribution >= 4 is 43.1 Å². The maximum atomic E-state index is 2.42. The fraction of sp³-hybridized carbons (Fsp3) is 0. The molecule has 0 bridgehead atoms. The highest BCUT2D eigenvalue weighted by Crippen LogP contribution is 2.45. The molecule has 0 radical (unpaired) electrons. The summed E-state index contributed by atoms with van der Waals surface area (Å²) in [5.41, 5.74) is 9.96. The topological polar surface area (TPSA) is 0 Å². The van der Waals surface area contributed by atoms with Crippen molar-refractivity contribution in [3.8, 4) is 44.5 Å². The highest BCUT2D eigenvalue weighted by Gasteiger charge is 2.18. The Kier molecular flexibility index (Phi) is 6.25. The summed E-state index contributed by atoms with van der Waals surface area (Å²) in [6.45, 7) is 0. The van der Waals surface area contributed by atoms with Gasteiger partial charge < -0.3 is 0 Å². The molecule has 0 heterocycles. The van der Waals surface area contributed by atoms with Crippen LogP contribution < -0.4 is 0 Å². The van der Waals surface area contributed by atoms with Gasteiger partial charge in [-0.1, -0.05) is 158 Å². The van der Waals surface area contributed by atoms with Gasteiger partial charge in [-0.2, -0.15) is 0 Å². The Hall–Kier alpha value is -5.98. The zero-order valence-electron chi connectivity index (χ0n) is 25.3. The Labute approximate surface area is 268 Å². The number of benzene rings is 9. The monoisotopic (exact) mass is 582 g/mol. The number of fused-ring (bicyclic) bond motifs is 4. The van der Waals surface area contributed by atoms with Crippen molar-refractivity contribution in [3.63, 3.8) is 0 Å². The summed E-state index contributed by atoms with van der Waals surface area (Å²) in [6.07, 6.45) is 0. The van der Waals surface area contributed by atoms with Crippen LogP contribution in [0.2, 0.25) is 0 Å². The van der Waals surface area contributed by atoms with Crippen LogP contribution in [0.25, 0.3) is 87.6 Å². The van der Waals surface area contributed by atoms with Crippen LogP contribution >= 0.6 is 0 Å². The second-order valence-electron chi connectivity index (χ2n) is 12.1. The molecular weight excluding hydrogens is 553 g/mol. The number of hydrogen-bond acceptors (Lipinski definition) is 0. The Morgan fingerprint density at radius 2 is 0.717 bits per heavy atom. The third-order valence-electron chi connectivity index (χ3n) is 9.40.